The fraction of sp³-hybridized carbons (Fsp3) is 1.00. The molecule has 1 heterocycles. The highest BCUT2D eigenvalue weighted by Gasteiger charge is 2.19. The SMILES string of the molecule is CCOCCCN1CCC(NC)C1. The number of hydrogen-bond acceptors (Lipinski definition) is 3. The zero-order valence-corrected chi connectivity index (χ0v) is 8.88. The van der Waals surface area contributed by atoms with Gasteiger partial charge in [-0.2, -0.15) is 0 Å². The van der Waals surface area contributed by atoms with Crippen LogP contribution in [0.2, 0.25) is 0 Å². The van der Waals surface area contributed by atoms with Crippen molar-refractivity contribution in [3.63, 3.8) is 0 Å². The molecule has 0 saturated carbocycles. The minimum atomic E-state index is 0.715. The van der Waals surface area contributed by atoms with Gasteiger partial charge in [0.25, 0.3) is 0 Å². The van der Waals surface area contributed by atoms with Crippen LogP contribution in [0.1, 0.15) is 19.8 Å². The molecule has 0 aliphatic carbocycles. The second-order valence-electron chi connectivity index (χ2n) is 3.63. The molecule has 0 aromatic rings. The molecule has 1 N–H and O–H groups in total. The van der Waals surface area contributed by atoms with Crippen molar-refractivity contribution in [2.24, 2.45) is 0 Å². The normalized spacial score (nSPS) is 24.0. The Morgan fingerprint density at radius 1 is 1.54 bits per heavy atom. The van der Waals surface area contributed by atoms with Crippen molar-refractivity contribution in [2.75, 3.05) is 39.9 Å². The minimum absolute atomic E-state index is 0.715. The van der Waals surface area contributed by atoms with Gasteiger partial charge in [-0.1, -0.05) is 0 Å². The molecule has 1 atom stereocenters. The van der Waals surface area contributed by atoms with Gasteiger partial charge in [-0.15, -0.1) is 0 Å². The first-order valence-corrected chi connectivity index (χ1v) is 5.34. The lowest BCUT2D eigenvalue weighted by atomic mass is 10.3. The molecule has 3 heteroatoms. The lowest BCUT2D eigenvalue weighted by Gasteiger charge is -2.15. The Labute approximate surface area is 81.4 Å². The molecule has 0 aromatic heterocycles. The second kappa shape index (κ2) is 6.35. The van der Waals surface area contributed by atoms with Crippen molar-refractivity contribution in [3.05, 3.63) is 0 Å². The number of likely N-dealkylation sites (tertiary alicyclic amines) is 1. The highest BCUT2D eigenvalue weighted by molar-refractivity contribution is 4.79. The van der Waals surface area contributed by atoms with E-state index in [0.29, 0.717) is 6.04 Å². The molecule has 0 amide bonds. The Hall–Kier alpha value is -0.120. The van der Waals surface area contributed by atoms with E-state index in [4.69, 9.17) is 4.74 Å². The third-order valence-electron chi connectivity index (χ3n) is 2.65. The average molecular weight is 186 g/mol. The van der Waals surface area contributed by atoms with Gasteiger partial charge in [-0.05, 0) is 33.4 Å². The summed E-state index contributed by atoms with van der Waals surface area (Å²) >= 11 is 0. The molecule has 0 spiro atoms. The first-order valence-electron chi connectivity index (χ1n) is 5.34. The first-order chi connectivity index (χ1) is 6.36. The minimum Gasteiger partial charge on any atom is -0.382 e. The predicted molar refractivity (Wildman–Crippen MR) is 55.0 cm³/mol. The Bertz CT molecular complexity index is 130. The van der Waals surface area contributed by atoms with E-state index in [-0.39, 0.29) is 0 Å². The summed E-state index contributed by atoms with van der Waals surface area (Å²) in [6, 6.07) is 0.715. The average Bonchev–Trinajstić information content (AvgIpc) is 2.60. The lowest BCUT2D eigenvalue weighted by molar-refractivity contribution is 0.135. The van der Waals surface area contributed by atoms with Gasteiger partial charge < -0.3 is 15.0 Å². The van der Waals surface area contributed by atoms with Crippen LogP contribution in [0.3, 0.4) is 0 Å². The van der Waals surface area contributed by atoms with Crippen LogP contribution < -0.4 is 5.32 Å². The molecule has 78 valence electrons. The van der Waals surface area contributed by atoms with Crippen molar-refractivity contribution >= 4 is 0 Å². The molecule has 1 saturated heterocycles. The largest absolute Gasteiger partial charge is 0.382 e. The number of hydrogen-bond donors (Lipinski definition) is 1. The smallest absolute Gasteiger partial charge is 0.0478 e. The molecule has 0 aromatic carbocycles. The Morgan fingerprint density at radius 2 is 2.38 bits per heavy atom. The van der Waals surface area contributed by atoms with Crippen molar-refractivity contribution in [1.29, 1.82) is 0 Å². The van der Waals surface area contributed by atoms with Crippen LogP contribution in [0.15, 0.2) is 0 Å². The third-order valence-corrected chi connectivity index (χ3v) is 2.65. The number of likely N-dealkylation sites (N-methyl/N-ethyl adjacent to an activating group) is 1. The van der Waals surface area contributed by atoms with Gasteiger partial charge >= 0.3 is 0 Å². The summed E-state index contributed by atoms with van der Waals surface area (Å²) in [5.74, 6) is 0. The highest BCUT2D eigenvalue weighted by atomic mass is 16.5. The molecule has 1 fully saturated rings. The predicted octanol–water partition coefficient (Wildman–Crippen LogP) is 0.707. The molecular formula is C10H22N2O. The maximum atomic E-state index is 5.30. The molecular weight excluding hydrogens is 164 g/mol. The Kier molecular flexibility index (Phi) is 5.35. The summed E-state index contributed by atoms with van der Waals surface area (Å²) < 4.78 is 5.30. The van der Waals surface area contributed by atoms with Gasteiger partial charge in [0, 0.05) is 32.3 Å². The van der Waals surface area contributed by atoms with Crippen LogP contribution >= 0.6 is 0 Å². The van der Waals surface area contributed by atoms with Gasteiger partial charge in [0.05, 0.1) is 0 Å². The summed E-state index contributed by atoms with van der Waals surface area (Å²) in [4.78, 5) is 2.51. The van der Waals surface area contributed by atoms with Crippen LogP contribution in [0.5, 0.6) is 0 Å². The van der Waals surface area contributed by atoms with Crippen molar-refractivity contribution < 1.29 is 4.74 Å². The zero-order chi connectivity index (χ0) is 9.52. The third kappa shape index (κ3) is 4.07. The molecule has 3 nitrogen and oxygen atoms in total. The number of ether oxygens (including phenoxy) is 1. The van der Waals surface area contributed by atoms with E-state index in [1.165, 1.54) is 32.5 Å². The summed E-state index contributed by atoms with van der Waals surface area (Å²) in [7, 11) is 2.05. The fourth-order valence-electron chi connectivity index (χ4n) is 1.81. The van der Waals surface area contributed by atoms with Gasteiger partial charge in [0.1, 0.15) is 0 Å². The van der Waals surface area contributed by atoms with E-state index >= 15 is 0 Å². The van der Waals surface area contributed by atoms with E-state index in [2.05, 4.69) is 10.2 Å². The summed E-state index contributed by atoms with van der Waals surface area (Å²) in [5, 5.41) is 3.32. The van der Waals surface area contributed by atoms with Crippen molar-refractivity contribution in [3.8, 4) is 0 Å². The van der Waals surface area contributed by atoms with Crippen molar-refractivity contribution in [1.82, 2.24) is 10.2 Å². The monoisotopic (exact) mass is 186 g/mol. The van der Waals surface area contributed by atoms with Crippen LogP contribution in [0.4, 0.5) is 0 Å². The number of nitrogens with zero attached hydrogens (tertiary/aromatic N) is 1. The topological polar surface area (TPSA) is 24.5 Å². The highest BCUT2D eigenvalue weighted by Crippen LogP contribution is 2.08. The van der Waals surface area contributed by atoms with Gasteiger partial charge in [0.2, 0.25) is 0 Å². The van der Waals surface area contributed by atoms with Gasteiger partial charge in [-0.3, -0.25) is 0 Å². The van der Waals surface area contributed by atoms with Crippen molar-refractivity contribution in [2.45, 2.75) is 25.8 Å². The van der Waals surface area contributed by atoms with Crippen LogP contribution in [0, 0.1) is 0 Å². The summed E-state index contributed by atoms with van der Waals surface area (Å²) in [5.41, 5.74) is 0. The molecule has 1 aliphatic heterocycles. The quantitative estimate of drug-likeness (QED) is 0.618. The van der Waals surface area contributed by atoms with E-state index in [9.17, 15) is 0 Å². The Morgan fingerprint density at radius 3 is 3.00 bits per heavy atom. The van der Waals surface area contributed by atoms with Gasteiger partial charge in [0.15, 0.2) is 0 Å². The lowest BCUT2D eigenvalue weighted by Crippen LogP contribution is -2.30. The summed E-state index contributed by atoms with van der Waals surface area (Å²) in [6.07, 6.45) is 2.47. The zero-order valence-electron chi connectivity index (χ0n) is 8.88. The second-order valence-corrected chi connectivity index (χ2v) is 3.63. The fourth-order valence-corrected chi connectivity index (χ4v) is 1.81. The number of rotatable bonds is 6. The first kappa shape index (κ1) is 11.0. The Balaban J connectivity index is 1.97. The van der Waals surface area contributed by atoms with E-state index in [0.717, 1.165) is 13.2 Å². The van der Waals surface area contributed by atoms with E-state index < -0.39 is 0 Å². The maximum absolute atomic E-state index is 5.30. The van der Waals surface area contributed by atoms with E-state index in [1.54, 1.807) is 0 Å². The standard InChI is InChI=1S/C10H22N2O/c1-3-13-8-4-6-12-7-5-10(9-12)11-2/h10-11H,3-9H2,1-2H3. The molecule has 1 aliphatic rings. The van der Waals surface area contributed by atoms with Crippen LogP contribution in [-0.2, 0) is 4.74 Å². The molecule has 13 heavy (non-hydrogen) atoms. The molecule has 0 bridgehead atoms. The molecule has 0 radical (unpaired) electrons. The van der Waals surface area contributed by atoms with E-state index in [1.807, 2.05) is 14.0 Å². The molecule has 1 rings (SSSR count). The summed E-state index contributed by atoms with van der Waals surface area (Å²) in [6.45, 7) is 7.46. The molecule has 1 unspecified atom stereocenters. The maximum Gasteiger partial charge on any atom is 0.0478 e. The number of nitrogens with one attached hydrogen (secondary N) is 1. The van der Waals surface area contributed by atoms with Crippen LogP contribution in [0.25, 0.3) is 0 Å². The van der Waals surface area contributed by atoms with Gasteiger partial charge in [-0.25, -0.2) is 0 Å². The van der Waals surface area contributed by atoms with Crippen LogP contribution in [-0.4, -0.2) is 50.8 Å².